The number of nitrogens with one attached hydrogen (secondary N) is 1. The number of hydrogen-bond acceptors (Lipinski definition) is 11. The standard InChI is InChI=1S/C37H35N3O10/c1-15-16-12-13-22(39-36(48)50-14-21-19-10-6-4-8-17(19)18-9-5-7-11-20(18)21)29(41)24(16)30(42)25-23(15)31(43)27-28(40(2)3)32(44)26(35(38)47)34(46)37(27,49)33(25)45/h4-13,15,21,23,27-28,31,41-43,46,49H,14H2,1-3H3,(H2,38,47)(H,39,48)/t15-,23?,27?,28-,31?,37-/m0/s1. The maximum absolute atomic E-state index is 14.2. The van der Waals surface area contributed by atoms with Crippen LogP contribution in [-0.4, -0.2) is 92.4 Å². The third-order valence-electron chi connectivity index (χ3n) is 10.7. The van der Waals surface area contributed by atoms with Gasteiger partial charge in [-0.1, -0.05) is 61.5 Å². The molecule has 0 saturated heterocycles. The molecule has 13 heteroatoms. The molecule has 0 aliphatic heterocycles. The van der Waals surface area contributed by atoms with Crippen molar-refractivity contribution in [2.45, 2.75) is 36.5 Å². The first-order valence-electron chi connectivity index (χ1n) is 16.0. The molecule has 258 valence electrons. The van der Waals surface area contributed by atoms with Crippen LogP contribution < -0.4 is 11.1 Å². The minimum atomic E-state index is -3.03. The number of Topliss-reactive ketones (excluding diaryl/α,β-unsaturated/α-hetero) is 2. The molecule has 3 aromatic rings. The number of carbonyl (C=O) groups is 4. The van der Waals surface area contributed by atoms with Gasteiger partial charge in [0.05, 0.1) is 29.3 Å². The van der Waals surface area contributed by atoms with E-state index < -0.39 is 87.5 Å². The number of aliphatic hydroxyl groups is 4. The van der Waals surface area contributed by atoms with E-state index in [4.69, 9.17) is 10.5 Å². The number of ether oxygens (including phenoxy) is 1. The molecule has 13 nitrogen and oxygen atoms in total. The third kappa shape index (κ3) is 4.43. The highest BCUT2D eigenvalue weighted by Gasteiger charge is 2.68. The van der Waals surface area contributed by atoms with Gasteiger partial charge >= 0.3 is 6.09 Å². The molecule has 50 heavy (non-hydrogen) atoms. The summed E-state index contributed by atoms with van der Waals surface area (Å²) in [6.07, 6.45) is -2.61. The Hall–Kier alpha value is -5.50. The first kappa shape index (κ1) is 33.0. The number of carbonyl (C=O) groups excluding carboxylic acids is 4. The monoisotopic (exact) mass is 681 g/mol. The second-order valence-corrected chi connectivity index (χ2v) is 13.4. The average molecular weight is 682 g/mol. The fourth-order valence-corrected chi connectivity index (χ4v) is 8.46. The number of amides is 2. The van der Waals surface area contributed by atoms with E-state index in [1.54, 1.807) is 6.92 Å². The summed E-state index contributed by atoms with van der Waals surface area (Å²) in [6.45, 7) is 1.61. The number of anilines is 1. The van der Waals surface area contributed by atoms with E-state index >= 15 is 0 Å². The largest absolute Gasteiger partial charge is 0.508 e. The molecule has 0 spiro atoms. The summed E-state index contributed by atoms with van der Waals surface area (Å²) < 4.78 is 5.60. The minimum absolute atomic E-state index is 0.00748. The SMILES string of the molecule is C[C@H]1c2ccc(NC(=O)OCC3c4ccccc4-c4ccccc43)c(O)c2C(O)=C2C(=O)[C@]3(O)C(O)=C(C(N)=O)C(=O)[C@@H](N(C)C)C3C(O)C21. The first-order valence-corrected chi connectivity index (χ1v) is 16.0. The van der Waals surface area contributed by atoms with Gasteiger partial charge < -0.3 is 36.0 Å². The van der Waals surface area contributed by atoms with Crippen LogP contribution in [-0.2, 0) is 19.1 Å². The van der Waals surface area contributed by atoms with E-state index in [2.05, 4.69) is 5.32 Å². The van der Waals surface area contributed by atoms with Gasteiger partial charge in [0.25, 0.3) is 5.91 Å². The highest BCUT2D eigenvalue weighted by atomic mass is 16.5. The van der Waals surface area contributed by atoms with Crippen LogP contribution in [0.15, 0.2) is 77.6 Å². The minimum Gasteiger partial charge on any atom is -0.508 e. The molecule has 7 rings (SSSR count). The summed E-state index contributed by atoms with van der Waals surface area (Å²) >= 11 is 0. The maximum Gasteiger partial charge on any atom is 0.411 e. The second-order valence-electron chi connectivity index (χ2n) is 13.4. The number of benzene rings is 3. The van der Waals surface area contributed by atoms with Gasteiger partial charge in [-0.25, -0.2) is 4.79 Å². The quantitative estimate of drug-likeness (QED) is 0.153. The molecule has 3 aromatic carbocycles. The van der Waals surface area contributed by atoms with Gasteiger partial charge in [0.1, 0.15) is 29.4 Å². The molecule has 0 bridgehead atoms. The molecule has 2 amide bonds. The van der Waals surface area contributed by atoms with E-state index in [0.29, 0.717) is 5.56 Å². The number of phenolic OH excluding ortho intramolecular Hbond substituents is 1. The number of aromatic hydroxyl groups is 1. The zero-order valence-corrected chi connectivity index (χ0v) is 27.2. The number of nitrogens with zero attached hydrogens (tertiary/aromatic N) is 1. The Balaban J connectivity index is 1.22. The average Bonchev–Trinajstić information content (AvgIpc) is 3.39. The van der Waals surface area contributed by atoms with Gasteiger partial charge in [0.2, 0.25) is 5.78 Å². The normalized spacial score (nSPS) is 27.0. The van der Waals surface area contributed by atoms with Crippen molar-refractivity contribution in [3.8, 4) is 16.9 Å². The van der Waals surface area contributed by atoms with Gasteiger partial charge in [0.15, 0.2) is 11.4 Å². The summed E-state index contributed by atoms with van der Waals surface area (Å²) in [7, 11) is 2.87. The Morgan fingerprint density at radius 1 is 0.940 bits per heavy atom. The Morgan fingerprint density at radius 3 is 2.12 bits per heavy atom. The fraction of sp³-hybridized carbons (Fsp3) is 0.297. The highest BCUT2D eigenvalue weighted by molar-refractivity contribution is 6.24. The molecule has 0 radical (unpaired) electrons. The number of nitrogens with two attached hydrogens (primary N) is 1. The lowest BCUT2D eigenvalue weighted by Crippen LogP contribution is -2.70. The zero-order valence-electron chi connectivity index (χ0n) is 27.2. The van der Waals surface area contributed by atoms with Crippen LogP contribution in [0.1, 0.15) is 41.0 Å². The lowest BCUT2D eigenvalue weighted by atomic mass is 9.54. The number of likely N-dealkylation sites (N-methyl/N-ethyl adjacent to an activating group) is 1. The van der Waals surface area contributed by atoms with Crippen molar-refractivity contribution in [3.63, 3.8) is 0 Å². The molecule has 8 N–H and O–H groups in total. The molecular formula is C37H35N3O10. The molecule has 4 aliphatic rings. The van der Waals surface area contributed by atoms with Crippen LogP contribution in [0.4, 0.5) is 10.5 Å². The fourth-order valence-electron chi connectivity index (χ4n) is 8.46. The molecule has 3 unspecified atom stereocenters. The molecule has 1 saturated carbocycles. The van der Waals surface area contributed by atoms with E-state index in [-0.39, 0.29) is 23.8 Å². The van der Waals surface area contributed by atoms with Gasteiger partial charge in [-0.3, -0.25) is 24.6 Å². The Morgan fingerprint density at radius 2 is 1.54 bits per heavy atom. The summed E-state index contributed by atoms with van der Waals surface area (Å²) in [5.74, 6) is -10.3. The molecule has 1 fully saturated rings. The number of phenols is 1. The molecular weight excluding hydrogens is 646 g/mol. The van der Waals surface area contributed by atoms with Crippen LogP contribution in [0.5, 0.6) is 5.75 Å². The smallest absolute Gasteiger partial charge is 0.411 e. The first-order chi connectivity index (χ1) is 23.7. The summed E-state index contributed by atoms with van der Waals surface area (Å²) in [4.78, 5) is 54.2. The number of fused-ring (bicyclic) bond motifs is 6. The number of primary amides is 1. The van der Waals surface area contributed by atoms with Gasteiger partial charge in [0, 0.05) is 17.4 Å². The number of ketones is 2. The Labute approximate surface area is 285 Å². The van der Waals surface area contributed by atoms with E-state index in [0.717, 1.165) is 22.3 Å². The highest BCUT2D eigenvalue weighted by Crippen LogP contribution is 2.56. The van der Waals surface area contributed by atoms with Crippen molar-refractivity contribution in [2.75, 3.05) is 26.0 Å². The van der Waals surface area contributed by atoms with E-state index in [1.165, 1.54) is 31.1 Å². The molecule has 0 aromatic heterocycles. The van der Waals surface area contributed by atoms with Gasteiger partial charge in [-0.15, -0.1) is 0 Å². The van der Waals surface area contributed by atoms with Crippen molar-refractivity contribution < 1.29 is 49.4 Å². The number of hydrogen-bond donors (Lipinski definition) is 7. The van der Waals surface area contributed by atoms with E-state index in [9.17, 15) is 44.7 Å². The van der Waals surface area contributed by atoms with Gasteiger partial charge in [-0.05, 0) is 53.9 Å². The van der Waals surface area contributed by atoms with E-state index in [1.807, 2.05) is 48.5 Å². The van der Waals surface area contributed by atoms with Crippen LogP contribution in [0, 0.1) is 11.8 Å². The van der Waals surface area contributed by atoms with Crippen molar-refractivity contribution in [1.82, 2.24) is 4.90 Å². The molecule has 0 heterocycles. The maximum atomic E-state index is 14.2. The van der Waals surface area contributed by atoms with Crippen LogP contribution in [0.25, 0.3) is 16.9 Å². The third-order valence-corrected chi connectivity index (χ3v) is 10.7. The van der Waals surface area contributed by atoms with Crippen LogP contribution in [0.2, 0.25) is 0 Å². The van der Waals surface area contributed by atoms with Crippen molar-refractivity contribution in [3.05, 3.63) is 99.8 Å². The van der Waals surface area contributed by atoms with Crippen molar-refractivity contribution >= 4 is 35.0 Å². The number of rotatable bonds is 5. The lowest BCUT2D eigenvalue weighted by Gasteiger charge is -2.53. The summed E-state index contributed by atoms with van der Waals surface area (Å²) in [5.41, 5.74) is 4.79. The Kier molecular flexibility index (Phi) is 7.62. The topological polar surface area (TPSA) is 220 Å². The predicted molar refractivity (Wildman–Crippen MR) is 179 cm³/mol. The summed E-state index contributed by atoms with van der Waals surface area (Å²) in [5, 5.41) is 60.2. The second kappa shape index (κ2) is 11.5. The zero-order chi connectivity index (χ0) is 36.0. The summed E-state index contributed by atoms with van der Waals surface area (Å²) in [6, 6.07) is 17.1. The molecule has 4 aliphatic carbocycles. The van der Waals surface area contributed by atoms with Crippen molar-refractivity contribution in [1.29, 1.82) is 0 Å². The van der Waals surface area contributed by atoms with Crippen molar-refractivity contribution in [2.24, 2.45) is 17.6 Å². The molecule has 6 atom stereocenters. The van der Waals surface area contributed by atoms with Crippen LogP contribution in [0.3, 0.4) is 0 Å². The van der Waals surface area contributed by atoms with Gasteiger partial charge in [-0.2, -0.15) is 0 Å². The number of aliphatic hydroxyl groups excluding tert-OH is 3. The lowest BCUT2D eigenvalue weighted by molar-refractivity contribution is -0.169. The van der Waals surface area contributed by atoms with Crippen LogP contribution >= 0.6 is 0 Å². The predicted octanol–water partition coefficient (Wildman–Crippen LogP) is 2.86. The Bertz CT molecular complexity index is 2040.